The van der Waals surface area contributed by atoms with Crippen molar-refractivity contribution in [3.63, 3.8) is 0 Å². The molecule has 0 aromatic heterocycles. The number of para-hydroxylation sites is 2. The number of anilines is 2. The number of carbonyl (C=O) groups is 3. The molecule has 5 aliphatic heterocycles. The van der Waals surface area contributed by atoms with Crippen molar-refractivity contribution in [3.05, 3.63) is 166 Å². The summed E-state index contributed by atoms with van der Waals surface area (Å²) in [5, 5.41) is 26.3. The molecule has 0 spiro atoms. The fourth-order valence-corrected chi connectivity index (χ4v) is 14.5. The molecule has 0 radical (unpaired) electrons. The van der Waals surface area contributed by atoms with Crippen molar-refractivity contribution in [1.82, 2.24) is 29.1 Å². The first-order chi connectivity index (χ1) is 38.7. The van der Waals surface area contributed by atoms with Gasteiger partial charge in [-0.05, 0) is 73.0 Å². The van der Waals surface area contributed by atoms with Gasteiger partial charge in [0.15, 0.2) is 6.35 Å². The van der Waals surface area contributed by atoms with Crippen molar-refractivity contribution in [2.45, 2.75) is 54.1 Å². The van der Waals surface area contributed by atoms with Gasteiger partial charge in [-0.1, -0.05) is 77.8 Å². The van der Waals surface area contributed by atoms with Gasteiger partial charge >= 0.3 is 16.4 Å². The lowest BCUT2D eigenvalue weighted by Gasteiger charge is -2.49. The van der Waals surface area contributed by atoms with Crippen molar-refractivity contribution in [2.75, 3.05) is 44.9 Å². The van der Waals surface area contributed by atoms with Gasteiger partial charge in [0, 0.05) is 84.5 Å². The van der Waals surface area contributed by atoms with Crippen LogP contribution in [-0.4, -0.2) is 138 Å². The van der Waals surface area contributed by atoms with Gasteiger partial charge in [0.05, 0.1) is 33.8 Å². The number of nitrogens with one attached hydrogen (secondary N) is 1. The van der Waals surface area contributed by atoms with E-state index in [1.54, 1.807) is 48.5 Å². The van der Waals surface area contributed by atoms with Crippen LogP contribution in [-0.2, 0) is 45.6 Å². The predicted octanol–water partition coefficient (Wildman–Crippen LogP) is 7.11. The molecule has 2 amide bonds. The maximum absolute atomic E-state index is 14.9. The number of aliphatic hydroxyl groups excluding tert-OH is 1. The molecule has 3 saturated heterocycles. The number of hydrogen-bond donors (Lipinski definition) is 4. The maximum atomic E-state index is 14.9. The first kappa shape index (κ1) is 56.0. The summed E-state index contributed by atoms with van der Waals surface area (Å²) in [5.74, 6) is -1.64. The average molecular weight is 1200 g/mol. The van der Waals surface area contributed by atoms with Crippen LogP contribution in [0, 0.1) is 0 Å². The number of sulfonamides is 1. The van der Waals surface area contributed by atoms with E-state index >= 15 is 0 Å². The number of carboxylic acid groups (broad SMARTS) is 1. The Morgan fingerprint density at radius 1 is 0.877 bits per heavy atom. The van der Waals surface area contributed by atoms with Gasteiger partial charge in [-0.3, -0.25) is 23.9 Å². The summed E-state index contributed by atoms with van der Waals surface area (Å²) in [4.78, 5) is 44.1. The van der Waals surface area contributed by atoms with Crippen molar-refractivity contribution < 1.29 is 59.4 Å². The van der Waals surface area contributed by atoms with Crippen LogP contribution in [0.15, 0.2) is 154 Å². The summed E-state index contributed by atoms with van der Waals surface area (Å²) in [6.07, 6.45) is -1.26. The third-order valence-corrected chi connectivity index (χ3v) is 19.2. The van der Waals surface area contributed by atoms with Gasteiger partial charge in [-0.2, -0.15) is 21.6 Å². The number of hydroxylamine groups is 2. The second kappa shape index (κ2) is 22.1. The van der Waals surface area contributed by atoms with Gasteiger partial charge in [0.1, 0.15) is 52.9 Å². The number of amides is 2. The van der Waals surface area contributed by atoms with E-state index < -0.39 is 68.1 Å². The Labute approximate surface area is 479 Å². The van der Waals surface area contributed by atoms with E-state index in [4.69, 9.17) is 36.9 Å². The second-order valence-corrected chi connectivity index (χ2v) is 24.8. The molecule has 4 N–H and O–H groups in total. The van der Waals surface area contributed by atoms with Crippen LogP contribution in [0.25, 0.3) is 33.4 Å². The summed E-state index contributed by atoms with van der Waals surface area (Å²) in [6.45, 7) is -0.173. The smallest absolute Gasteiger partial charge is 0.413 e. The number of carbonyl (C=O) groups excluding carboxylic acids is 2. The van der Waals surface area contributed by atoms with E-state index in [1.807, 2.05) is 108 Å². The summed E-state index contributed by atoms with van der Waals surface area (Å²) in [6, 6.07) is 37.4. The predicted molar refractivity (Wildman–Crippen MR) is 304 cm³/mol. The molecule has 6 aliphatic rings. The number of rotatable bonds is 16. The van der Waals surface area contributed by atoms with Crippen LogP contribution >= 0.6 is 35.0 Å². The Balaban J connectivity index is 0.810. The molecule has 1 aliphatic carbocycles. The fourth-order valence-electron chi connectivity index (χ4n) is 10.9. The fraction of sp³-hybridized carbons (Fsp3) is 0.250. The summed E-state index contributed by atoms with van der Waals surface area (Å²) in [5.41, 5.74) is 5.28. The van der Waals surface area contributed by atoms with E-state index in [-0.39, 0.29) is 48.9 Å². The molecule has 420 valence electrons. The van der Waals surface area contributed by atoms with Gasteiger partial charge in [0.25, 0.3) is 5.91 Å². The molecule has 5 aromatic carbocycles. The van der Waals surface area contributed by atoms with Crippen LogP contribution in [0.5, 0.6) is 5.75 Å². The van der Waals surface area contributed by atoms with Gasteiger partial charge in [0.2, 0.25) is 27.0 Å². The SMILES string of the molecule is CN(c1ccc2c(-c3ccccc3S(=O)(=O)N(C)Cc3ccc(OCC4=C(C(=O)O)N5C(=O)[C@@H](NC(=O)C6CC[C@H]7CN6C(O)N7OS(=O)(=O)O)[C@H]5SC4)cc3)c3ccc(=[N+](C)c4ccccc4Cl)cc-3oc2c1)c1ccccc1Cl. The Kier molecular flexibility index (Phi) is 15.3. The Morgan fingerprint density at radius 2 is 1.59 bits per heavy atom. The van der Waals surface area contributed by atoms with Crippen molar-refractivity contribution in [1.29, 1.82) is 0 Å². The minimum atomic E-state index is -4.94. The lowest BCUT2D eigenvalue weighted by atomic mass is 9.93. The summed E-state index contributed by atoms with van der Waals surface area (Å²) < 4.78 is 82.2. The zero-order valence-corrected chi connectivity index (χ0v) is 47.4. The highest BCUT2D eigenvalue weighted by atomic mass is 35.5. The topological polar surface area (TPSA) is 243 Å². The standard InChI is InChI=1S/C56H51Cl2N7O13S3/c1-60(28-32-16-21-37(22-17-32)76-30-33-31-79-54-50(53(67)64(54)51(33)55(68)69)59-52(66)45-25-20-36-29-63(45)56(70)65(36)78-81(73,74)75)80(71,72)48-15-9-4-10-40(48)49-38-23-18-34(61(2)43-13-7-5-11-41(43)57)26-46(38)77-47-27-35(19-24-39(47)49)62(3)44-14-8-6-12-42(44)58/h4-19,21-24,26-27,36,45,50,54,56,70H,20,25,28-31H2,1-3H3,(H2-,59,66,68,69,73,74,75)/p+1/t36-,45?,50+,54+,56?/m0/s1. The number of aliphatic carboxylic acids is 1. The quantitative estimate of drug-likeness (QED) is 0.0326. The van der Waals surface area contributed by atoms with Crippen LogP contribution in [0.2, 0.25) is 10.0 Å². The second-order valence-electron chi connectivity index (χ2n) is 19.9. The monoisotopic (exact) mass is 1200 g/mol. The molecule has 3 fully saturated rings. The number of benzene rings is 6. The third kappa shape index (κ3) is 10.7. The van der Waals surface area contributed by atoms with Crippen molar-refractivity contribution in [3.8, 4) is 28.2 Å². The van der Waals surface area contributed by atoms with E-state index in [1.165, 1.54) is 28.0 Å². The molecular formula is C56H52Cl2N7O13S3+. The van der Waals surface area contributed by atoms with Gasteiger partial charge < -0.3 is 29.6 Å². The molecule has 5 heterocycles. The molecule has 2 bridgehead atoms. The number of hydrogen-bond acceptors (Lipinski definition) is 15. The lowest BCUT2D eigenvalue weighted by Crippen LogP contribution is -2.72. The van der Waals surface area contributed by atoms with E-state index in [2.05, 4.69) is 9.60 Å². The van der Waals surface area contributed by atoms with E-state index in [0.717, 1.165) is 27.3 Å². The zero-order valence-electron chi connectivity index (χ0n) is 43.4. The first-order valence-electron chi connectivity index (χ1n) is 25.4. The number of halogens is 2. The number of aliphatic hydroxyl groups is 1. The maximum Gasteiger partial charge on any atom is 0.413 e. The van der Waals surface area contributed by atoms with Crippen molar-refractivity contribution >= 4 is 101 Å². The number of piperidine rings is 1. The van der Waals surface area contributed by atoms with Crippen LogP contribution in [0.4, 0.5) is 17.1 Å². The van der Waals surface area contributed by atoms with Crippen LogP contribution in [0.1, 0.15) is 18.4 Å². The molecule has 11 rings (SSSR count). The number of β-lactam (4-membered cyclic amide) rings is 1. The van der Waals surface area contributed by atoms with E-state index in [0.29, 0.717) is 65.4 Å². The number of thioether (sulfide) groups is 1. The molecular weight excluding hydrogens is 1150 g/mol. The van der Waals surface area contributed by atoms with Crippen LogP contribution < -0.4 is 24.9 Å². The lowest BCUT2D eigenvalue weighted by molar-refractivity contribution is -0.201. The van der Waals surface area contributed by atoms with Gasteiger partial charge in [-0.25, -0.2) is 13.2 Å². The van der Waals surface area contributed by atoms with E-state index in [9.17, 15) is 41.4 Å². The summed E-state index contributed by atoms with van der Waals surface area (Å²) in [7, 11) is -3.83. The molecule has 81 heavy (non-hydrogen) atoms. The highest BCUT2D eigenvalue weighted by Gasteiger charge is 2.56. The molecule has 3 unspecified atom stereocenters. The average Bonchev–Trinajstić information content (AvgIpc) is 3.82. The Hall–Kier alpha value is -6.87. The van der Waals surface area contributed by atoms with Gasteiger partial charge in [-0.15, -0.1) is 16.8 Å². The number of fused-ring (bicyclic) bond motifs is 5. The Morgan fingerprint density at radius 3 is 2.32 bits per heavy atom. The molecule has 20 nitrogen and oxygen atoms in total. The number of ether oxygens (including phenoxy) is 1. The normalized spacial score (nSPS) is 21.5. The van der Waals surface area contributed by atoms with Crippen LogP contribution in [0.3, 0.4) is 0 Å². The largest absolute Gasteiger partial charge is 0.489 e. The first-order valence-corrected chi connectivity index (χ1v) is 30.0. The molecule has 0 saturated carbocycles. The zero-order chi connectivity index (χ0) is 57.2. The highest BCUT2D eigenvalue weighted by Crippen LogP contribution is 2.45. The Bertz CT molecular complexity index is 4000. The number of carboxylic acids is 1. The minimum Gasteiger partial charge on any atom is -0.489 e. The molecule has 5 aromatic rings. The molecule has 25 heteroatoms. The highest BCUT2D eigenvalue weighted by molar-refractivity contribution is 8.00. The third-order valence-electron chi connectivity index (χ3n) is 15.0. The van der Waals surface area contributed by atoms with Crippen molar-refractivity contribution in [2.24, 2.45) is 0 Å². The summed E-state index contributed by atoms with van der Waals surface area (Å²) >= 11 is 14.5. The number of nitrogens with zero attached hydrogens (tertiary/aromatic N) is 6. The molecule has 6 atom stereocenters. The minimum absolute atomic E-state index is 0.0278.